The van der Waals surface area contributed by atoms with Gasteiger partial charge in [-0.05, 0) is 44.7 Å². The van der Waals surface area contributed by atoms with Gasteiger partial charge >= 0.3 is 0 Å². The molecule has 0 unspecified atom stereocenters. The zero-order valence-corrected chi connectivity index (χ0v) is 14.1. The molecule has 0 radical (unpaired) electrons. The van der Waals surface area contributed by atoms with Gasteiger partial charge in [0.25, 0.3) is 0 Å². The van der Waals surface area contributed by atoms with Crippen molar-refractivity contribution in [2.75, 3.05) is 13.1 Å². The molecule has 0 N–H and O–H groups in total. The zero-order chi connectivity index (χ0) is 16.5. The van der Waals surface area contributed by atoms with Gasteiger partial charge in [-0.1, -0.05) is 23.8 Å². The standard InChI is InChI=1S/C20H23N3O/c1-14-4-2-5-16(12-14)19-21-10-9-18(22-19)17-6-3-11-23(13-17)20(24)15-7-8-15/h2,4-5,9-10,12,15,17H,3,6-8,11,13H2,1H3/t17-/m1/s1. The maximum absolute atomic E-state index is 12.4. The van der Waals surface area contributed by atoms with E-state index in [-0.39, 0.29) is 0 Å². The van der Waals surface area contributed by atoms with E-state index in [0.717, 1.165) is 55.9 Å². The lowest BCUT2D eigenvalue weighted by atomic mass is 9.94. The Bertz CT molecular complexity index is 754. The Hall–Kier alpha value is -2.23. The first-order valence-electron chi connectivity index (χ1n) is 8.89. The first-order valence-corrected chi connectivity index (χ1v) is 8.89. The van der Waals surface area contributed by atoms with E-state index in [2.05, 4.69) is 35.0 Å². The van der Waals surface area contributed by atoms with Crippen molar-refractivity contribution < 1.29 is 4.79 Å². The van der Waals surface area contributed by atoms with Crippen molar-refractivity contribution in [3.63, 3.8) is 0 Å². The average Bonchev–Trinajstić information content (AvgIpc) is 3.46. The lowest BCUT2D eigenvalue weighted by Gasteiger charge is -2.32. The minimum absolute atomic E-state index is 0.303. The van der Waals surface area contributed by atoms with E-state index in [1.807, 2.05) is 18.3 Å². The van der Waals surface area contributed by atoms with E-state index in [1.165, 1.54) is 5.56 Å². The molecule has 2 aliphatic rings. The van der Waals surface area contributed by atoms with Gasteiger partial charge in [0, 0.05) is 42.4 Å². The summed E-state index contributed by atoms with van der Waals surface area (Å²) in [6, 6.07) is 10.3. The molecular formula is C20H23N3O. The lowest BCUT2D eigenvalue weighted by Crippen LogP contribution is -2.40. The molecule has 1 aromatic heterocycles. The van der Waals surface area contributed by atoms with Crippen LogP contribution in [-0.4, -0.2) is 33.9 Å². The molecule has 0 spiro atoms. The predicted molar refractivity (Wildman–Crippen MR) is 93.5 cm³/mol. The first-order chi connectivity index (χ1) is 11.7. The van der Waals surface area contributed by atoms with E-state index in [4.69, 9.17) is 4.98 Å². The minimum Gasteiger partial charge on any atom is -0.342 e. The molecule has 0 bridgehead atoms. The summed E-state index contributed by atoms with van der Waals surface area (Å²) in [5, 5.41) is 0. The summed E-state index contributed by atoms with van der Waals surface area (Å²) in [7, 11) is 0. The number of carbonyl (C=O) groups is 1. The number of aryl methyl sites for hydroxylation is 1. The van der Waals surface area contributed by atoms with Crippen LogP contribution in [0, 0.1) is 12.8 Å². The number of nitrogens with zero attached hydrogens (tertiary/aromatic N) is 3. The van der Waals surface area contributed by atoms with Crippen molar-refractivity contribution in [3.8, 4) is 11.4 Å². The van der Waals surface area contributed by atoms with Crippen LogP contribution < -0.4 is 0 Å². The van der Waals surface area contributed by atoms with Crippen molar-refractivity contribution in [3.05, 3.63) is 47.8 Å². The molecule has 1 saturated heterocycles. The summed E-state index contributed by atoms with van der Waals surface area (Å²) in [5.41, 5.74) is 3.33. The van der Waals surface area contributed by atoms with E-state index >= 15 is 0 Å². The van der Waals surface area contributed by atoms with Crippen molar-refractivity contribution in [1.29, 1.82) is 0 Å². The SMILES string of the molecule is Cc1cccc(-c2nccc([C@@H]3CCCN(C(=O)C4CC4)C3)n2)c1. The smallest absolute Gasteiger partial charge is 0.225 e. The highest BCUT2D eigenvalue weighted by Gasteiger charge is 2.35. The van der Waals surface area contributed by atoms with Crippen molar-refractivity contribution in [2.45, 2.75) is 38.5 Å². The number of amides is 1. The summed E-state index contributed by atoms with van der Waals surface area (Å²) < 4.78 is 0. The number of carbonyl (C=O) groups excluding carboxylic acids is 1. The maximum atomic E-state index is 12.4. The van der Waals surface area contributed by atoms with E-state index < -0.39 is 0 Å². The van der Waals surface area contributed by atoms with Gasteiger partial charge < -0.3 is 4.90 Å². The van der Waals surface area contributed by atoms with Gasteiger partial charge in [0.15, 0.2) is 5.82 Å². The van der Waals surface area contributed by atoms with E-state index in [0.29, 0.717) is 17.7 Å². The third-order valence-electron chi connectivity index (χ3n) is 5.03. The van der Waals surface area contributed by atoms with Crippen LogP contribution in [0.4, 0.5) is 0 Å². The fraction of sp³-hybridized carbons (Fsp3) is 0.450. The zero-order valence-electron chi connectivity index (χ0n) is 14.1. The second-order valence-electron chi connectivity index (χ2n) is 7.07. The molecule has 4 rings (SSSR count). The molecule has 2 aromatic rings. The Kier molecular flexibility index (Phi) is 4.05. The highest BCUT2D eigenvalue weighted by Crippen LogP contribution is 2.34. The molecule has 1 atom stereocenters. The quantitative estimate of drug-likeness (QED) is 0.868. The van der Waals surface area contributed by atoms with Crippen LogP contribution >= 0.6 is 0 Å². The van der Waals surface area contributed by atoms with Crippen molar-refractivity contribution >= 4 is 5.91 Å². The van der Waals surface area contributed by atoms with Crippen molar-refractivity contribution in [1.82, 2.24) is 14.9 Å². The first kappa shape index (κ1) is 15.3. The normalized spacial score (nSPS) is 20.9. The highest BCUT2D eigenvalue weighted by molar-refractivity contribution is 5.81. The molecule has 1 aromatic carbocycles. The average molecular weight is 321 g/mol. The lowest BCUT2D eigenvalue weighted by molar-refractivity contribution is -0.133. The van der Waals surface area contributed by atoms with Crippen LogP contribution in [0.15, 0.2) is 36.5 Å². The molecule has 1 aliphatic carbocycles. The van der Waals surface area contributed by atoms with Crippen LogP contribution in [-0.2, 0) is 4.79 Å². The predicted octanol–water partition coefficient (Wildman–Crippen LogP) is 3.57. The van der Waals surface area contributed by atoms with Gasteiger partial charge in [-0.15, -0.1) is 0 Å². The number of likely N-dealkylation sites (tertiary alicyclic amines) is 1. The molecule has 4 heteroatoms. The Labute approximate surface area is 142 Å². The number of aromatic nitrogens is 2. The topological polar surface area (TPSA) is 46.1 Å². The van der Waals surface area contributed by atoms with Gasteiger partial charge in [0.1, 0.15) is 0 Å². The Balaban J connectivity index is 1.55. The number of piperidine rings is 1. The van der Waals surface area contributed by atoms with Gasteiger partial charge in [0.05, 0.1) is 0 Å². The van der Waals surface area contributed by atoms with Crippen LogP contribution in [0.5, 0.6) is 0 Å². The molecule has 24 heavy (non-hydrogen) atoms. The summed E-state index contributed by atoms with van der Waals surface area (Å²) in [5.74, 6) is 1.76. The number of benzene rings is 1. The fourth-order valence-electron chi connectivity index (χ4n) is 3.53. The van der Waals surface area contributed by atoms with Crippen LogP contribution in [0.1, 0.15) is 42.9 Å². The molecular weight excluding hydrogens is 298 g/mol. The fourth-order valence-corrected chi connectivity index (χ4v) is 3.53. The molecule has 1 saturated carbocycles. The molecule has 124 valence electrons. The second-order valence-corrected chi connectivity index (χ2v) is 7.07. The summed E-state index contributed by atoms with van der Waals surface area (Å²) in [6.45, 7) is 3.79. The Morgan fingerprint density at radius 1 is 1.21 bits per heavy atom. The van der Waals surface area contributed by atoms with Crippen LogP contribution in [0.25, 0.3) is 11.4 Å². The molecule has 2 heterocycles. The van der Waals surface area contributed by atoms with Crippen LogP contribution in [0.3, 0.4) is 0 Å². The molecule has 1 aliphatic heterocycles. The third kappa shape index (κ3) is 3.18. The largest absolute Gasteiger partial charge is 0.342 e. The van der Waals surface area contributed by atoms with Crippen molar-refractivity contribution in [2.24, 2.45) is 5.92 Å². The van der Waals surface area contributed by atoms with E-state index in [9.17, 15) is 4.79 Å². The van der Waals surface area contributed by atoms with E-state index in [1.54, 1.807) is 0 Å². The van der Waals surface area contributed by atoms with Gasteiger partial charge in [-0.3, -0.25) is 4.79 Å². The number of rotatable bonds is 3. The Morgan fingerprint density at radius 2 is 2.08 bits per heavy atom. The minimum atomic E-state index is 0.303. The summed E-state index contributed by atoms with van der Waals surface area (Å²) in [6.07, 6.45) is 6.16. The number of hydrogen-bond acceptors (Lipinski definition) is 3. The summed E-state index contributed by atoms with van der Waals surface area (Å²) in [4.78, 5) is 23.7. The molecule has 1 amide bonds. The van der Waals surface area contributed by atoms with Crippen LogP contribution in [0.2, 0.25) is 0 Å². The molecule has 2 fully saturated rings. The second kappa shape index (κ2) is 6.34. The third-order valence-corrected chi connectivity index (χ3v) is 5.03. The monoisotopic (exact) mass is 321 g/mol. The van der Waals surface area contributed by atoms with Gasteiger partial charge in [-0.25, -0.2) is 9.97 Å². The highest BCUT2D eigenvalue weighted by atomic mass is 16.2. The molecule has 4 nitrogen and oxygen atoms in total. The van der Waals surface area contributed by atoms with Gasteiger partial charge in [-0.2, -0.15) is 0 Å². The Morgan fingerprint density at radius 3 is 2.88 bits per heavy atom. The summed E-state index contributed by atoms with van der Waals surface area (Å²) >= 11 is 0. The van der Waals surface area contributed by atoms with Gasteiger partial charge in [0.2, 0.25) is 5.91 Å². The number of hydrogen-bond donors (Lipinski definition) is 0. The maximum Gasteiger partial charge on any atom is 0.225 e.